The first-order valence-electron chi connectivity index (χ1n) is 18.9. The second kappa shape index (κ2) is 13.1. The summed E-state index contributed by atoms with van der Waals surface area (Å²) in [4.78, 5) is 2.27. The van der Waals surface area contributed by atoms with E-state index in [0.29, 0.717) is 0 Å². The zero-order valence-corrected chi connectivity index (χ0v) is 30.9. The van der Waals surface area contributed by atoms with E-state index in [1.807, 2.05) is 0 Å². The molecule has 0 spiro atoms. The Bertz CT molecular complexity index is 2870. The van der Waals surface area contributed by atoms with Crippen molar-refractivity contribution in [2.75, 3.05) is 4.90 Å². The van der Waals surface area contributed by atoms with Gasteiger partial charge in [0.1, 0.15) is 0 Å². The molecule has 260 valence electrons. The maximum absolute atomic E-state index is 3.51. The Kier molecular flexibility index (Phi) is 7.75. The van der Waals surface area contributed by atoms with Crippen LogP contribution in [-0.4, -0.2) is 4.57 Å². The Labute approximate surface area is 322 Å². The smallest absolute Gasteiger partial charge is 0.0588 e. The zero-order chi connectivity index (χ0) is 36.9. The Morgan fingerprint density at radius 1 is 0.455 bits per heavy atom. The molecule has 0 unspecified atom stereocenters. The summed E-state index contributed by atoms with van der Waals surface area (Å²) in [7, 11) is 0. The third-order valence-corrected chi connectivity index (χ3v) is 11.2. The van der Waals surface area contributed by atoms with Crippen molar-refractivity contribution in [3.63, 3.8) is 0 Å². The summed E-state index contributed by atoms with van der Waals surface area (Å²) >= 11 is 0. The third kappa shape index (κ3) is 5.52. The van der Waals surface area contributed by atoms with Crippen LogP contribution < -0.4 is 4.90 Å². The van der Waals surface area contributed by atoms with Crippen LogP contribution in [0.25, 0.3) is 49.7 Å². The Balaban J connectivity index is 1.02. The molecule has 0 radical (unpaired) electrons. The average Bonchev–Trinajstić information content (AvgIpc) is 3.70. The molecule has 0 fully saturated rings. The molecule has 0 N–H and O–H groups in total. The number of rotatable bonds is 5. The molecule has 2 nitrogen and oxygen atoms in total. The highest BCUT2D eigenvalue weighted by molar-refractivity contribution is 6.13. The number of nitrogens with zero attached hydrogens (tertiary/aromatic N) is 2. The Morgan fingerprint density at radius 2 is 1.00 bits per heavy atom. The number of aromatic nitrogens is 1. The molecular formula is C53H38N2. The van der Waals surface area contributed by atoms with Crippen LogP contribution in [0, 0.1) is 11.8 Å². The maximum atomic E-state index is 3.51. The van der Waals surface area contributed by atoms with Crippen LogP contribution >= 0.6 is 0 Å². The first-order valence-corrected chi connectivity index (χ1v) is 18.9. The van der Waals surface area contributed by atoms with E-state index in [4.69, 9.17) is 0 Å². The van der Waals surface area contributed by atoms with Gasteiger partial charge in [-0.3, -0.25) is 0 Å². The molecule has 0 atom stereocenters. The monoisotopic (exact) mass is 702 g/mol. The minimum absolute atomic E-state index is 0.238. The number of fused-ring (bicyclic) bond motifs is 7. The second-order valence-corrected chi connectivity index (χ2v) is 14.8. The Morgan fingerprint density at radius 3 is 1.69 bits per heavy atom. The van der Waals surface area contributed by atoms with Crippen molar-refractivity contribution in [2.24, 2.45) is 0 Å². The van der Waals surface area contributed by atoms with Gasteiger partial charge in [0.05, 0.1) is 11.0 Å². The topological polar surface area (TPSA) is 8.17 Å². The van der Waals surface area contributed by atoms with Crippen LogP contribution in [0.4, 0.5) is 17.1 Å². The minimum Gasteiger partial charge on any atom is -0.311 e. The number of hydrogen-bond acceptors (Lipinski definition) is 1. The number of benzene rings is 8. The van der Waals surface area contributed by atoms with E-state index in [2.05, 4.69) is 229 Å². The highest BCUT2D eigenvalue weighted by Crippen LogP contribution is 2.53. The van der Waals surface area contributed by atoms with Gasteiger partial charge in [0.2, 0.25) is 0 Å². The number of para-hydroxylation sites is 3. The summed E-state index contributed by atoms with van der Waals surface area (Å²) in [5.74, 6) is 6.98. The minimum atomic E-state index is -0.238. The standard InChI is InChI=1S/C53H38N2/c1-53(2)49-36-38(23-22-37-24-29-43(30-25-37)54(41-16-8-4-9-17-41)42-18-10-5-11-19-42)26-33-45(49)47-34-35-48-46-20-12-13-21-50(46)55(52(48)51(47)53)44-31-27-40(28-32-44)39-14-6-3-7-15-39/h3-21,24-36H,1-2H3. The fraction of sp³-hybridized carbons (Fsp3) is 0.0566. The molecule has 0 saturated carbocycles. The van der Waals surface area contributed by atoms with Crippen LogP contribution in [0.15, 0.2) is 194 Å². The molecule has 0 amide bonds. The van der Waals surface area contributed by atoms with Crippen LogP contribution in [0.1, 0.15) is 36.1 Å². The quantitative estimate of drug-likeness (QED) is 0.162. The predicted octanol–water partition coefficient (Wildman–Crippen LogP) is 13.6. The van der Waals surface area contributed by atoms with Crippen molar-refractivity contribution in [1.29, 1.82) is 0 Å². The van der Waals surface area contributed by atoms with Crippen LogP contribution in [0.3, 0.4) is 0 Å². The first kappa shape index (κ1) is 32.6. The van der Waals surface area contributed by atoms with Crippen LogP contribution in [0.2, 0.25) is 0 Å². The van der Waals surface area contributed by atoms with Crippen molar-refractivity contribution >= 4 is 38.9 Å². The van der Waals surface area contributed by atoms with Crippen molar-refractivity contribution in [3.05, 3.63) is 216 Å². The van der Waals surface area contributed by atoms with Gasteiger partial charge in [-0.05, 0) is 112 Å². The molecule has 1 aliphatic carbocycles. The van der Waals surface area contributed by atoms with Crippen molar-refractivity contribution in [1.82, 2.24) is 4.57 Å². The highest BCUT2D eigenvalue weighted by atomic mass is 15.1. The molecule has 1 aliphatic rings. The van der Waals surface area contributed by atoms with Crippen molar-refractivity contribution in [3.8, 4) is 39.8 Å². The molecule has 0 saturated heterocycles. The van der Waals surface area contributed by atoms with Gasteiger partial charge in [0, 0.05) is 50.1 Å². The fourth-order valence-electron chi connectivity index (χ4n) is 8.56. The molecule has 0 aliphatic heterocycles. The van der Waals surface area contributed by atoms with Gasteiger partial charge in [-0.15, -0.1) is 0 Å². The average molecular weight is 703 g/mol. The summed E-state index contributed by atoms with van der Waals surface area (Å²) in [6, 6.07) is 69.4. The molecule has 2 heteroatoms. The van der Waals surface area contributed by atoms with E-state index in [-0.39, 0.29) is 5.41 Å². The lowest BCUT2D eigenvalue weighted by Crippen LogP contribution is -2.16. The zero-order valence-electron chi connectivity index (χ0n) is 30.9. The second-order valence-electron chi connectivity index (χ2n) is 14.8. The molecular weight excluding hydrogens is 665 g/mol. The molecule has 1 aromatic heterocycles. The van der Waals surface area contributed by atoms with Crippen LogP contribution in [0.5, 0.6) is 0 Å². The summed E-state index contributed by atoms with van der Waals surface area (Å²) in [6.07, 6.45) is 0. The van der Waals surface area contributed by atoms with Gasteiger partial charge < -0.3 is 9.47 Å². The van der Waals surface area contributed by atoms with Crippen molar-refractivity contribution in [2.45, 2.75) is 19.3 Å². The molecule has 0 bridgehead atoms. The SMILES string of the molecule is CC1(C)c2cc(C#Cc3ccc(N(c4ccccc4)c4ccccc4)cc3)ccc2-c2ccc3c4ccccc4n(-c4ccc(-c5ccccc5)cc4)c3c21. The number of anilines is 3. The predicted molar refractivity (Wildman–Crippen MR) is 231 cm³/mol. The van der Waals surface area contributed by atoms with E-state index >= 15 is 0 Å². The third-order valence-electron chi connectivity index (χ3n) is 11.2. The van der Waals surface area contributed by atoms with Gasteiger partial charge in [-0.2, -0.15) is 0 Å². The van der Waals surface area contributed by atoms with Gasteiger partial charge in [0.15, 0.2) is 0 Å². The normalized spacial score (nSPS) is 12.5. The lowest BCUT2D eigenvalue weighted by Gasteiger charge is -2.25. The summed E-state index contributed by atoms with van der Waals surface area (Å²) in [5, 5.41) is 2.55. The Hall–Kier alpha value is -7.08. The summed E-state index contributed by atoms with van der Waals surface area (Å²) in [6.45, 7) is 4.75. The van der Waals surface area contributed by atoms with E-state index < -0.39 is 0 Å². The van der Waals surface area contributed by atoms with Gasteiger partial charge in [0.25, 0.3) is 0 Å². The van der Waals surface area contributed by atoms with Crippen LogP contribution in [-0.2, 0) is 5.41 Å². The lowest BCUT2D eigenvalue weighted by atomic mass is 9.81. The highest BCUT2D eigenvalue weighted by Gasteiger charge is 2.38. The molecule has 9 aromatic rings. The maximum Gasteiger partial charge on any atom is 0.0588 e. The van der Waals surface area contributed by atoms with Gasteiger partial charge >= 0.3 is 0 Å². The first-order chi connectivity index (χ1) is 27.0. The van der Waals surface area contributed by atoms with E-state index in [9.17, 15) is 0 Å². The van der Waals surface area contributed by atoms with E-state index in [1.54, 1.807) is 0 Å². The molecule has 1 heterocycles. The van der Waals surface area contributed by atoms with Gasteiger partial charge in [-0.25, -0.2) is 0 Å². The fourth-order valence-corrected chi connectivity index (χ4v) is 8.56. The van der Waals surface area contributed by atoms with Gasteiger partial charge in [-0.1, -0.05) is 141 Å². The van der Waals surface area contributed by atoms with E-state index in [1.165, 1.54) is 60.9 Å². The summed E-state index contributed by atoms with van der Waals surface area (Å²) < 4.78 is 2.48. The summed E-state index contributed by atoms with van der Waals surface area (Å²) in [5.41, 5.74) is 16.5. The molecule has 10 rings (SSSR count). The molecule has 8 aromatic carbocycles. The van der Waals surface area contributed by atoms with Crippen molar-refractivity contribution < 1.29 is 0 Å². The number of hydrogen-bond donors (Lipinski definition) is 0. The largest absolute Gasteiger partial charge is 0.311 e. The molecule has 55 heavy (non-hydrogen) atoms. The van der Waals surface area contributed by atoms with E-state index in [0.717, 1.165) is 28.2 Å². The lowest BCUT2D eigenvalue weighted by molar-refractivity contribution is 0.663.